The van der Waals surface area contributed by atoms with Crippen molar-refractivity contribution >= 4 is 0 Å². The lowest BCUT2D eigenvalue weighted by molar-refractivity contribution is 0.468. The molecule has 1 heterocycles. The van der Waals surface area contributed by atoms with Crippen LogP contribution in [0.5, 0.6) is 0 Å². The molecule has 0 aliphatic heterocycles. The highest BCUT2D eigenvalue weighted by Gasteiger charge is 2.06. The zero-order valence-corrected chi connectivity index (χ0v) is 8.62. The second-order valence-corrected chi connectivity index (χ2v) is 3.48. The fourth-order valence-electron chi connectivity index (χ4n) is 1.27. The minimum absolute atomic E-state index is 0.392. The molecular formula is C11H18N2. The summed E-state index contributed by atoms with van der Waals surface area (Å²) in [6.07, 6.45) is 4.88. The summed E-state index contributed by atoms with van der Waals surface area (Å²) >= 11 is 0. The van der Waals surface area contributed by atoms with E-state index in [1.807, 2.05) is 12.3 Å². The van der Waals surface area contributed by atoms with E-state index in [4.69, 9.17) is 0 Å². The molecule has 0 saturated carbocycles. The van der Waals surface area contributed by atoms with Crippen molar-refractivity contribution in [1.82, 2.24) is 10.3 Å². The minimum Gasteiger partial charge on any atom is -0.308 e. The average Bonchev–Trinajstić information content (AvgIpc) is 2.19. The van der Waals surface area contributed by atoms with E-state index < -0.39 is 0 Å². The first-order chi connectivity index (χ1) is 6.24. The molecule has 0 aliphatic rings. The van der Waals surface area contributed by atoms with Gasteiger partial charge in [-0.3, -0.25) is 4.98 Å². The molecule has 2 heteroatoms. The van der Waals surface area contributed by atoms with Crippen molar-refractivity contribution < 1.29 is 0 Å². The predicted molar refractivity (Wildman–Crippen MR) is 55.5 cm³/mol. The molecule has 2 nitrogen and oxygen atoms in total. The van der Waals surface area contributed by atoms with Crippen molar-refractivity contribution in [3.63, 3.8) is 0 Å². The highest BCUT2D eigenvalue weighted by molar-refractivity contribution is 5.12. The third-order valence-corrected chi connectivity index (χ3v) is 2.33. The van der Waals surface area contributed by atoms with Gasteiger partial charge in [0.1, 0.15) is 0 Å². The third kappa shape index (κ3) is 3.15. The van der Waals surface area contributed by atoms with Crippen molar-refractivity contribution in [3.8, 4) is 0 Å². The second-order valence-electron chi connectivity index (χ2n) is 3.48. The van der Waals surface area contributed by atoms with Gasteiger partial charge < -0.3 is 5.32 Å². The van der Waals surface area contributed by atoms with E-state index in [0.717, 1.165) is 6.42 Å². The Labute approximate surface area is 80.4 Å². The SMILES string of the molecule is CC[C@H](C)N[C@H](C)c1cccnc1. The fraction of sp³-hybridized carbons (Fsp3) is 0.545. The van der Waals surface area contributed by atoms with E-state index in [-0.39, 0.29) is 0 Å². The molecule has 0 bridgehead atoms. The quantitative estimate of drug-likeness (QED) is 0.766. The molecule has 0 amide bonds. The van der Waals surface area contributed by atoms with Gasteiger partial charge in [0, 0.05) is 24.5 Å². The molecule has 1 aromatic heterocycles. The molecule has 2 atom stereocenters. The standard InChI is InChI=1S/C11H18N2/c1-4-9(2)13-10(3)11-6-5-7-12-8-11/h5-10,13H,4H2,1-3H3/t9-,10+/m0/s1. The molecule has 0 aromatic carbocycles. The molecule has 0 unspecified atom stereocenters. The fourth-order valence-corrected chi connectivity index (χ4v) is 1.27. The van der Waals surface area contributed by atoms with E-state index in [1.165, 1.54) is 5.56 Å². The van der Waals surface area contributed by atoms with Gasteiger partial charge in [0.25, 0.3) is 0 Å². The van der Waals surface area contributed by atoms with Crippen LogP contribution in [0.25, 0.3) is 0 Å². The summed E-state index contributed by atoms with van der Waals surface area (Å²) in [6, 6.07) is 5.04. The van der Waals surface area contributed by atoms with Crippen LogP contribution in [-0.2, 0) is 0 Å². The van der Waals surface area contributed by atoms with Crippen molar-refractivity contribution in [2.75, 3.05) is 0 Å². The lowest BCUT2D eigenvalue weighted by atomic mass is 10.1. The first-order valence-corrected chi connectivity index (χ1v) is 4.90. The highest BCUT2D eigenvalue weighted by Crippen LogP contribution is 2.11. The van der Waals surface area contributed by atoms with Gasteiger partial charge in [-0.2, -0.15) is 0 Å². The molecule has 72 valence electrons. The summed E-state index contributed by atoms with van der Waals surface area (Å²) in [7, 11) is 0. The lowest BCUT2D eigenvalue weighted by Crippen LogP contribution is -2.28. The second kappa shape index (κ2) is 4.97. The van der Waals surface area contributed by atoms with Crippen LogP contribution in [0.1, 0.15) is 38.8 Å². The number of rotatable bonds is 4. The molecule has 0 fully saturated rings. The molecule has 13 heavy (non-hydrogen) atoms. The molecule has 1 aromatic rings. The number of hydrogen-bond acceptors (Lipinski definition) is 2. The van der Waals surface area contributed by atoms with Crippen molar-refractivity contribution in [2.24, 2.45) is 0 Å². The highest BCUT2D eigenvalue weighted by atomic mass is 14.9. The maximum absolute atomic E-state index is 4.10. The van der Waals surface area contributed by atoms with Gasteiger partial charge in [-0.25, -0.2) is 0 Å². The van der Waals surface area contributed by atoms with Gasteiger partial charge >= 0.3 is 0 Å². The summed E-state index contributed by atoms with van der Waals surface area (Å²) in [5.41, 5.74) is 1.25. The average molecular weight is 178 g/mol. The largest absolute Gasteiger partial charge is 0.308 e. The van der Waals surface area contributed by atoms with Crippen molar-refractivity contribution in [2.45, 2.75) is 39.3 Å². The Morgan fingerprint density at radius 2 is 2.23 bits per heavy atom. The van der Waals surface area contributed by atoms with E-state index >= 15 is 0 Å². The maximum Gasteiger partial charge on any atom is 0.0315 e. The van der Waals surface area contributed by atoms with Crippen LogP contribution in [0.15, 0.2) is 24.5 Å². The van der Waals surface area contributed by atoms with Gasteiger partial charge in [0.2, 0.25) is 0 Å². The summed E-state index contributed by atoms with van der Waals surface area (Å²) in [5.74, 6) is 0. The summed E-state index contributed by atoms with van der Waals surface area (Å²) < 4.78 is 0. The Morgan fingerprint density at radius 3 is 2.77 bits per heavy atom. The Morgan fingerprint density at radius 1 is 1.46 bits per heavy atom. The van der Waals surface area contributed by atoms with Crippen LogP contribution in [0.3, 0.4) is 0 Å². The number of pyridine rings is 1. The topological polar surface area (TPSA) is 24.9 Å². The van der Waals surface area contributed by atoms with Gasteiger partial charge in [-0.15, -0.1) is 0 Å². The van der Waals surface area contributed by atoms with Crippen LogP contribution in [0.2, 0.25) is 0 Å². The number of aromatic nitrogens is 1. The minimum atomic E-state index is 0.392. The Balaban J connectivity index is 2.53. The van der Waals surface area contributed by atoms with E-state index in [0.29, 0.717) is 12.1 Å². The van der Waals surface area contributed by atoms with Gasteiger partial charge in [-0.1, -0.05) is 13.0 Å². The maximum atomic E-state index is 4.10. The van der Waals surface area contributed by atoms with E-state index in [9.17, 15) is 0 Å². The Kier molecular flexibility index (Phi) is 3.90. The van der Waals surface area contributed by atoms with Crippen LogP contribution >= 0.6 is 0 Å². The molecule has 1 rings (SSSR count). The van der Waals surface area contributed by atoms with Gasteiger partial charge in [0.15, 0.2) is 0 Å². The lowest BCUT2D eigenvalue weighted by Gasteiger charge is -2.18. The predicted octanol–water partition coefficient (Wildman–Crippen LogP) is 2.53. The van der Waals surface area contributed by atoms with Crippen molar-refractivity contribution in [1.29, 1.82) is 0 Å². The van der Waals surface area contributed by atoms with Crippen LogP contribution in [0.4, 0.5) is 0 Å². The first-order valence-electron chi connectivity index (χ1n) is 4.90. The van der Waals surface area contributed by atoms with E-state index in [2.05, 4.69) is 37.1 Å². The zero-order valence-electron chi connectivity index (χ0n) is 8.62. The third-order valence-electron chi connectivity index (χ3n) is 2.33. The Hall–Kier alpha value is -0.890. The molecule has 0 spiro atoms. The van der Waals surface area contributed by atoms with Crippen LogP contribution in [0, 0.1) is 0 Å². The molecule has 1 N–H and O–H groups in total. The van der Waals surface area contributed by atoms with Crippen molar-refractivity contribution in [3.05, 3.63) is 30.1 Å². The summed E-state index contributed by atoms with van der Waals surface area (Å²) in [4.78, 5) is 4.10. The normalized spacial score (nSPS) is 15.3. The number of nitrogens with one attached hydrogen (secondary N) is 1. The number of hydrogen-bond donors (Lipinski definition) is 1. The zero-order chi connectivity index (χ0) is 9.68. The van der Waals surface area contributed by atoms with Gasteiger partial charge in [0.05, 0.1) is 0 Å². The number of nitrogens with zero attached hydrogens (tertiary/aromatic N) is 1. The molecule has 0 radical (unpaired) electrons. The smallest absolute Gasteiger partial charge is 0.0315 e. The monoisotopic (exact) mass is 178 g/mol. The molecular weight excluding hydrogens is 160 g/mol. The Bertz CT molecular complexity index is 233. The molecule has 0 aliphatic carbocycles. The van der Waals surface area contributed by atoms with Gasteiger partial charge in [-0.05, 0) is 31.9 Å². The van der Waals surface area contributed by atoms with Crippen LogP contribution < -0.4 is 5.32 Å². The first kappa shape index (κ1) is 10.2. The van der Waals surface area contributed by atoms with Crippen LogP contribution in [-0.4, -0.2) is 11.0 Å². The molecule has 0 saturated heterocycles. The summed E-state index contributed by atoms with van der Waals surface area (Å²) in [5, 5.41) is 3.51. The van der Waals surface area contributed by atoms with E-state index in [1.54, 1.807) is 6.20 Å². The summed E-state index contributed by atoms with van der Waals surface area (Å²) in [6.45, 7) is 6.56.